The first-order chi connectivity index (χ1) is 15.1. The topological polar surface area (TPSA) is 89.5 Å². The third-order valence-electron chi connectivity index (χ3n) is 5.08. The molecule has 3 heterocycles. The van der Waals surface area contributed by atoms with E-state index in [1.54, 1.807) is 43.8 Å². The van der Waals surface area contributed by atoms with Crippen molar-refractivity contribution in [3.8, 4) is 11.5 Å². The van der Waals surface area contributed by atoms with Gasteiger partial charge in [0.05, 0.1) is 20.0 Å². The fourth-order valence-electron chi connectivity index (χ4n) is 3.57. The van der Waals surface area contributed by atoms with Gasteiger partial charge in [-0.3, -0.25) is 4.79 Å². The summed E-state index contributed by atoms with van der Waals surface area (Å²) in [5.41, 5.74) is 1.34. The predicted molar refractivity (Wildman–Crippen MR) is 125 cm³/mol. The number of carbonyl (C=O) groups is 1. The van der Waals surface area contributed by atoms with Crippen LogP contribution in [0.1, 0.15) is 19.8 Å². The first-order valence-corrected chi connectivity index (χ1v) is 11.9. The molecule has 1 saturated heterocycles. The zero-order chi connectivity index (χ0) is 21.8. The summed E-state index contributed by atoms with van der Waals surface area (Å²) in [4.78, 5) is 28.3. The number of benzene rings is 1. The first kappa shape index (κ1) is 21.6. The van der Waals surface area contributed by atoms with Gasteiger partial charge in [-0.15, -0.1) is 0 Å². The van der Waals surface area contributed by atoms with Crippen molar-refractivity contribution in [3.63, 3.8) is 0 Å². The highest BCUT2D eigenvalue weighted by Gasteiger charge is 2.21. The van der Waals surface area contributed by atoms with E-state index in [2.05, 4.69) is 27.1 Å². The van der Waals surface area contributed by atoms with Gasteiger partial charge >= 0.3 is 0 Å². The van der Waals surface area contributed by atoms with Gasteiger partial charge in [-0.1, -0.05) is 30.0 Å². The van der Waals surface area contributed by atoms with Crippen molar-refractivity contribution in [2.45, 2.75) is 24.8 Å². The van der Waals surface area contributed by atoms with Crippen LogP contribution in [0.15, 0.2) is 29.6 Å². The number of piperidine rings is 1. The zero-order valence-corrected chi connectivity index (χ0v) is 19.4. The highest BCUT2D eigenvalue weighted by atomic mass is 32.2. The lowest BCUT2D eigenvalue weighted by atomic mass is 10.0. The van der Waals surface area contributed by atoms with Gasteiger partial charge in [0, 0.05) is 24.8 Å². The Labute approximate surface area is 189 Å². The number of rotatable bonds is 7. The van der Waals surface area contributed by atoms with E-state index >= 15 is 0 Å². The molecule has 1 aromatic carbocycles. The van der Waals surface area contributed by atoms with E-state index in [0.29, 0.717) is 28.8 Å². The minimum Gasteiger partial charge on any atom is -0.493 e. The molecule has 1 N–H and O–H groups in total. The Morgan fingerprint density at radius 3 is 2.90 bits per heavy atom. The monoisotopic (exact) mass is 459 g/mol. The largest absolute Gasteiger partial charge is 0.493 e. The summed E-state index contributed by atoms with van der Waals surface area (Å²) in [6.07, 6.45) is 3.96. The molecule has 1 aliphatic rings. The van der Waals surface area contributed by atoms with Gasteiger partial charge in [0.25, 0.3) is 0 Å². The van der Waals surface area contributed by atoms with Gasteiger partial charge in [-0.25, -0.2) is 9.97 Å². The summed E-state index contributed by atoms with van der Waals surface area (Å²) >= 11 is 2.99. The number of nitrogens with zero attached hydrogens (tertiary/aromatic N) is 4. The maximum Gasteiger partial charge on any atom is 0.234 e. The number of carbonyl (C=O) groups excluding carboxylic acids is 1. The summed E-state index contributed by atoms with van der Waals surface area (Å²) < 4.78 is 11.4. The number of amides is 1. The lowest BCUT2D eigenvalue weighted by Gasteiger charge is -2.30. The van der Waals surface area contributed by atoms with Crippen molar-refractivity contribution in [1.29, 1.82) is 0 Å². The predicted octanol–water partition coefficient (Wildman–Crippen LogP) is 4.07. The van der Waals surface area contributed by atoms with Crippen LogP contribution in [0, 0.1) is 5.92 Å². The Morgan fingerprint density at radius 2 is 2.13 bits per heavy atom. The summed E-state index contributed by atoms with van der Waals surface area (Å²) in [7, 11) is 3.14. The van der Waals surface area contributed by atoms with Crippen molar-refractivity contribution in [3.05, 3.63) is 24.5 Å². The van der Waals surface area contributed by atoms with Gasteiger partial charge in [-0.2, -0.15) is 4.98 Å². The molecule has 0 radical (unpaired) electrons. The third-order valence-corrected chi connectivity index (χ3v) is 7.31. The molecule has 0 spiro atoms. The molecule has 0 aliphatic carbocycles. The molecule has 0 saturated carbocycles. The van der Waals surface area contributed by atoms with Crippen molar-refractivity contribution < 1.29 is 14.3 Å². The number of nitrogens with one attached hydrogen (secondary N) is 1. The molecule has 2 aromatic heterocycles. The van der Waals surface area contributed by atoms with E-state index in [9.17, 15) is 4.79 Å². The van der Waals surface area contributed by atoms with Gasteiger partial charge < -0.3 is 19.7 Å². The van der Waals surface area contributed by atoms with Crippen molar-refractivity contribution in [1.82, 2.24) is 15.0 Å². The van der Waals surface area contributed by atoms with Crippen molar-refractivity contribution in [2.24, 2.45) is 5.92 Å². The third kappa shape index (κ3) is 5.01. The molecule has 4 rings (SSSR count). The van der Waals surface area contributed by atoms with E-state index in [4.69, 9.17) is 14.5 Å². The van der Waals surface area contributed by atoms with Crippen LogP contribution in [0.4, 0.5) is 10.8 Å². The Morgan fingerprint density at radius 1 is 1.29 bits per heavy atom. The molecule has 1 fully saturated rings. The summed E-state index contributed by atoms with van der Waals surface area (Å²) in [5.74, 6) is 1.95. The van der Waals surface area contributed by atoms with E-state index in [1.165, 1.54) is 30.9 Å². The van der Waals surface area contributed by atoms with Gasteiger partial charge in [0.15, 0.2) is 22.3 Å². The summed E-state index contributed by atoms with van der Waals surface area (Å²) in [6.45, 7) is 4.31. The van der Waals surface area contributed by atoms with Gasteiger partial charge in [0.2, 0.25) is 5.91 Å². The normalized spacial score (nSPS) is 16.4. The molecule has 1 aliphatic heterocycles. The minimum absolute atomic E-state index is 0.126. The highest BCUT2D eigenvalue weighted by molar-refractivity contribution is 8.00. The quantitative estimate of drug-likeness (QED) is 0.418. The Kier molecular flexibility index (Phi) is 6.77. The number of aromatic nitrogens is 3. The zero-order valence-electron chi connectivity index (χ0n) is 17.8. The second kappa shape index (κ2) is 9.69. The van der Waals surface area contributed by atoms with Crippen LogP contribution >= 0.6 is 23.1 Å². The SMILES string of the molecule is COc1ccc(NC(=O)CSc2ncnc3nc(N4CCC[C@H](C)C4)sc23)cc1OC. The highest BCUT2D eigenvalue weighted by Crippen LogP contribution is 2.35. The number of hydrogen-bond acceptors (Lipinski definition) is 9. The fraction of sp³-hybridized carbons (Fsp3) is 0.429. The Balaban J connectivity index is 1.43. The molecule has 164 valence electrons. The maximum atomic E-state index is 12.5. The number of ether oxygens (including phenoxy) is 2. The molecule has 0 unspecified atom stereocenters. The average molecular weight is 460 g/mol. The molecule has 1 amide bonds. The Hall–Kier alpha value is -2.59. The number of anilines is 2. The number of hydrogen-bond donors (Lipinski definition) is 1. The first-order valence-electron chi connectivity index (χ1n) is 10.1. The van der Waals surface area contributed by atoms with E-state index in [-0.39, 0.29) is 11.7 Å². The van der Waals surface area contributed by atoms with E-state index in [1.807, 2.05) is 0 Å². The van der Waals surface area contributed by atoms with Crippen LogP contribution in [0.25, 0.3) is 10.3 Å². The standard InChI is InChI=1S/C21H25N5O3S2/c1-13-5-4-8-26(10-13)21-25-19-18(31-21)20(23-12-22-19)30-11-17(27)24-14-6-7-15(28-2)16(9-14)29-3/h6-7,9,12-13H,4-5,8,10-11H2,1-3H3,(H,24,27)/t13-/m0/s1. The molecule has 3 aromatic rings. The van der Waals surface area contributed by atoms with Crippen LogP contribution in [-0.4, -0.2) is 53.9 Å². The molecule has 1 atom stereocenters. The minimum atomic E-state index is -0.126. The Bertz CT molecular complexity index is 1070. The molecular formula is C21H25N5O3S2. The van der Waals surface area contributed by atoms with Crippen LogP contribution in [0.2, 0.25) is 0 Å². The van der Waals surface area contributed by atoms with Crippen molar-refractivity contribution >= 4 is 50.2 Å². The summed E-state index contributed by atoms with van der Waals surface area (Å²) in [5, 5.41) is 4.65. The second-order valence-electron chi connectivity index (χ2n) is 7.43. The number of thioether (sulfide) groups is 1. The van der Waals surface area contributed by atoms with Gasteiger partial charge in [-0.05, 0) is 30.9 Å². The number of methoxy groups -OCH3 is 2. The van der Waals surface area contributed by atoms with Gasteiger partial charge in [0.1, 0.15) is 16.1 Å². The molecule has 8 nitrogen and oxygen atoms in total. The lowest BCUT2D eigenvalue weighted by Crippen LogP contribution is -2.34. The average Bonchev–Trinajstić information content (AvgIpc) is 3.22. The second-order valence-corrected chi connectivity index (χ2v) is 9.37. The maximum absolute atomic E-state index is 12.5. The summed E-state index contributed by atoms with van der Waals surface area (Å²) in [6, 6.07) is 5.27. The fourth-order valence-corrected chi connectivity index (χ4v) is 5.49. The lowest BCUT2D eigenvalue weighted by molar-refractivity contribution is -0.113. The van der Waals surface area contributed by atoms with Crippen LogP contribution in [-0.2, 0) is 4.79 Å². The molecule has 10 heteroatoms. The molecule has 0 bridgehead atoms. The molecule has 31 heavy (non-hydrogen) atoms. The van der Waals surface area contributed by atoms with E-state index < -0.39 is 0 Å². The number of fused-ring (bicyclic) bond motifs is 1. The molecular weight excluding hydrogens is 434 g/mol. The number of thiazole rings is 1. The smallest absolute Gasteiger partial charge is 0.234 e. The van der Waals surface area contributed by atoms with Crippen LogP contribution in [0.3, 0.4) is 0 Å². The van der Waals surface area contributed by atoms with E-state index in [0.717, 1.165) is 27.9 Å². The van der Waals surface area contributed by atoms with Crippen LogP contribution < -0.4 is 19.7 Å². The van der Waals surface area contributed by atoms with Crippen molar-refractivity contribution in [2.75, 3.05) is 43.3 Å². The van der Waals surface area contributed by atoms with Crippen LogP contribution in [0.5, 0.6) is 11.5 Å².